The predicted molar refractivity (Wildman–Crippen MR) is 84.9 cm³/mol. The molecule has 1 aliphatic rings. The molecule has 0 aliphatic carbocycles. The van der Waals surface area contributed by atoms with E-state index in [1.807, 2.05) is 30.9 Å². The van der Waals surface area contributed by atoms with Gasteiger partial charge in [-0.15, -0.1) is 0 Å². The molecule has 3 nitrogen and oxygen atoms in total. The minimum absolute atomic E-state index is 0.0702. The number of benzene rings is 1. The Bertz CT molecular complexity index is 719. The van der Waals surface area contributed by atoms with Gasteiger partial charge in [-0.1, -0.05) is 31.5 Å². The van der Waals surface area contributed by atoms with E-state index >= 15 is 0 Å². The average molecular weight is 280 g/mol. The highest BCUT2D eigenvalue weighted by Gasteiger charge is 2.37. The van der Waals surface area contributed by atoms with Crippen molar-refractivity contribution in [1.29, 1.82) is 0 Å². The van der Waals surface area contributed by atoms with Crippen LogP contribution in [-0.2, 0) is 5.41 Å². The van der Waals surface area contributed by atoms with Crippen LogP contribution in [0.2, 0.25) is 0 Å². The number of carbonyl (C=O) groups is 1. The van der Waals surface area contributed by atoms with Crippen molar-refractivity contribution in [1.82, 2.24) is 4.98 Å². The highest BCUT2D eigenvalue weighted by atomic mass is 16.2. The van der Waals surface area contributed by atoms with Crippen LogP contribution in [-0.4, -0.2) is 17.4 Å². The van der Waals surface area contributed by atoms with Crippen LogP contribution in [0.5, 0.6) is 0 Å². The Morgan fingerprint density at radius 2 is 1.95 bits per heavy atom. The Kier molecular flexibility index (Phi) is 3.08. The maximum Gasteiger partial charge on any atom is 0.258 e. The zero-order valence-corrected chi connectivity index (χ0v) is 13.0. The standard InChI is InChI=1S/C18H20N2O/c1-12-5-6-15-14(9-12)17(21)20(11-18(15,3)4)16-10-19-8-7-13(16)2/h5-10H,11H2,1-4H3. The zero-order chi connectivity index (χ0) is 15.2. The van der Waals surface area contributed by atoms with Crippen molar-refractivity contribution in [3.05, 3.63) is 58.9 Å². The quantitative estimate of drug-likeness (QED) is 0.799. The number of anilines is 1. The first-order chi connectivity index (χ1) is 9.90. The minimum Gasteiger partial charge on any atom is -0.306 e. The molecule has 2 aromatic rings. The number of amides is 1. The van der Waals surface area contributed by atoms with Crippen molar-refractivity contribution in [3.63, 3.8) is 0 Å². The summed E-state index contributed by atoms with van der Waals surface area (Å²) in [7, 11) is 0. The first-order valence-corrected chi connectivity index (χ1v) is 7.24. The highest BCUT2D eigenvalue weighted by Crippen LogP contribution is 2.36. The van der Waals surface area contributed by atoms with Crippen molar-refractivity contribution >= 4 is 11.6 Å². The maximum absolute atomic E-state index is 12.9. The molecule has 0 atom stereocenters. The van der Waals surface area contributed by atoms with E-state index in [4.69, 9.17) is 0 Å². The molecule has 108 valence electrons. The molecule has 0 saturated carbocycles. The summed E-state index contributed by atoms with van der Waals surface area (Å²) in [6, 6.07) is 8.12. The molecule has 0 unspecified atom stereocenters. The number of rotatable bonds is 1. The largest absolute Gasteiger partial charge is 0.306 e. The van der Waals surface area contributed by atoms with Gasteiger partial charge in [-0.3, -0.25) is 9.78 Å². The molecule has 0 saturated heterocycles. The van der Waals surface area contributed by atoms with Gasteiger partial charge in [0.15, 0.2) is 0 Å². The number of hydrogen-bond acceptors (Lipinski definition) is 2. The topological polar surface area (TPSA) is 33.2 Å². The summed E-state index contributed by atoms with van der Waals surface area (Å²) in [5, 5.41) is 0. The summed E-state index contributed by atoms with van der Waals surface area (Å²) >= 11 is 0. The van der Waals surface area contributed by atoms with Crippen molar-refractivity contribution in [2.75, 3.05) is 11.4 Å². The fourth-order valence-electron chi connectivity index (χ4n) is 3.06. The monoisotopic (exact) mass is 280 g/mol. The third-order valence-electron chi connectivity index (χ3n) is 4.24. The van der Waals surface area contributed by atoms with Gasteiger partial charge in [0.25, 0.3) is 5.91 Å². The lowest BCUT2D eigenvalue weighted by Gasteiger charge is -2.40. The van der Waals surface area contributed by atoms with Crippen LogP contribution < -0.4 is 4.90 Å². The fourth-order valence-corrected chi connectivity index (χ4v) is 3.06. The Balaban J connectivity index is 2.16. The van der Waals surface area contributed by atoms with Crippen LogP contribution >= 0.6 is 0 Å². The van der Waals surface area contributed by atoms with Gasteiger partial charge in [-0.05, 0) is 37.1 Å². The molecule has 1 aromatic heterocycles. The molecule has 21 heavy (non-hydrogen) atoms. The minimum atomic E-state index is -0.0702. The van der Waals surface area contributed by atoms with Gasteiger partial charge in [0.05, 0.1) is 11.9 Å². The predicted octanol–water partition coefficient (Wildman–Crippen LogP) is 3.64. The Hall–Kier alpha value is -2.16. The zero-order valence-electron chi connectivity index (χ0n) is 13.0. The second-order valence-electron chi connectivity index (χ2n) is 6.49. The van der Waals surface area contributed by atoms with Crippen molar-refractivity contribution in [2.45, 2.75) is 33.1 Å². The van der Waals surface area contributed by atoms with Gasteiger partial charge in [-0.2, -0.15) is 0 Å². The Morgan fingerprint density at radius 1 is 1.19 bits per heavy atom. The number of fused-ring (bicyclic) bond motifs is 1. The molecule has 0 spiro atoms. The van der Waals surface area contributed by atoms with E-state index in [1.165, 1.54) is 0 Å². The van der Waals surface area contributed by atoms with Crippen molar-refractivity contribution < 1.29 is 4.79 Å². The summed E-state index contributed by atoms with van der Waals surface area (Å²) in [6.07, 6.45) is 3.54. The molecular formula is C18H20N2O. The van der Waals surface area contributed by atoms with Crippen molar-refractivity contribution in [2.24, 2.45) is 0 Å². The van der Waals surface area contributed by atoms with E-state index in [2.05, 4.69) is 31.0 Å². The van der Waals surface area contributed by atoms with Crippen LogP contribution in [0.4, 0.5) is 5.69 Å². The lowest BCUT2D eigenvalue weighted by atomic mass is 9.77. The normalized spacial score (nSPS) is 16.8. The summed E-state index contributed by atoms with van der Waals surface area (Å²) in [5.74, 6) is 0.0733. The molecule has 2 heterocycles. The molecule has 0 radical (unpaired) electrons. The van der Waals surface area contributed by atoms with Gasteiger partial charge in [0, 0.05) is 23.7 Å². The van der Waals surface area contributed by atoms with E-state index in [0.29, 0.717) is 6.54 Å². The van der Waals surface area contributed by atoms with Crippen LogP contribution in [0.15, 0.2) is 36.7 Å². The molecule has 0 fully saturated rings. The number of hydrogen-bond donors (Lipinski definition) is 0. The van der Waals surface area contributed by atoms with Crippen molar-refractivity contribution in [3.8, 4) is 0 Å². The number of pyridine rings is 1. The SMILES string of the molecule is Cc1ccc2c(c1)C(=O)N(c1cnccc1C)CC2(C)C. The number of aromatic nitrogens is 1. The molecule has 3 heteroatoms. The van der Waals surface area contributed by atoms with Crippen LogP contribution in [0.3, 0.4) is 0 Å². The second-order valence-corrected chi connectivity index (χ2v) is 6.49. The van der Waals surface area contributed by atoms with E-state index in [9.17, 15) is 4.79 Å². The van der Waals surface area contributed by atoms with E-state index < -0.39 is 0 Å². The van der Waals surface area contributed by atoms with E-state index in [1.54, 1.807) is 12.4 Å². The number of carbonyl (C=O) groups excluding carboxylic acids is 1. The summed E-state index contributed by atoms with van der Waals surface area (Å²) in [4.78, 5) is 19.0. The average Bonchev–Trinajstić information content (AvgIpc) is 2.43. The highest BCUT2D eigenvalue weighted by molar-refractivity contribution is 6.09. The first kappa shape index (κ1) is 13.8. The Labute approximate surface area is 125 Å². The van der Waals surface area contributed by atoms with Crippen LogP contribution in [0.1, 0.15) is 40.9 Å². The summed E-state index contributed by atoms with van der Waals surface area (Å²) < 4.78 is 0. The van der Waals surface area contributed by atoms with Gasteiger partial charge < -0.3 is 4.90 Å². The fraction of sp³-hybridized carbons (Fsp3) is 0.333. The second kappa shape index (κ2) is 4.69. The third kappa shape index (κ3) is 2.23. The molecule has 3 rings (SSSR count). The summed E-state index contributed by atoms with van der Waals surface area (Å²) in [5.41, 5.74) is 4.97. The first-order valence-electron chi connectivity index (χ1n) is 7.24. The number of nitrogens with zero attached hydrogens (tertiary/aromatic N) is 2. The number of aryl methyl sites for hydroxylation is 2. The smallest absolute Gasteiger partial charge is 0.258 e. The molecule has 1 aromatic carbocycles. The molecule has 1 aliphatic heterocycles. The van der Waals surface area contributed by atoms with Gasteiger partial charge in [-0.25, -0.2) is 0 Å². The molecule has 0 N–H and O–H groups in total. The molecular weight excluding hydrogens is 260 g/mol. The van der Waals surface area contributed by atoms with Gasteiger partial charge in [0.2, 0.25) is 0 Å². The van der Waals surface area contributed by atoms with E-state index in [-0.39, 0.29) is 11.3 Å². The lowest BCUT2D eigenvalue weighted by Crippen LogP contribution is -2.47. The van der Waals surface area contributed by atoms with Crippen LogP contribution in [0.25, 0.3) is 0 Å². The maximum atomic E-state index is 12.9. The molecule has 1 amide bonds. The Morgan fingerprint density at radius 3 is 2.67 bits per heavy atom. The van der Waals surface area contributed by atoms with Gasteiger partial charge in [0.1, 0.15) is 0 Å². The summed E-state index contributed by atoms with van der Waals surface area (Å²) in [6.45, 7) is 9.09. The van der Waals surface area contributed by atoms with Gasteiger partial charge >= 0.3 is 0 Å². The lowest BCUT2D eigenvalue weighted by molar-refractivity contribution is 0.0968. The van der Waals surface area contributed by atoms with Crippen LogP contribution in [0, 0.1) is 13.8 Å². The third-order valence-corrected chi connectivity index (χ3v) is 4.24. The van der Waals surface area contributed by atoms with E-state index in [0.717, 1.165) is 27.9 Å². The molecule has 0 bridgehead atoms.